The Bertz CT molecular complexity index is 442. The topological polar surface area (TPSA) is 29.5 Å². The summed E-state index contributed by atoms with van der Waals surface area (Å²) in [6.07, 6.45) is 2.16. The average Bonchev–Trinajstić information content (AvgIpc) is 3.01. The van der Waals surface area contributed by atoms with Crippen LogP contribution in [0.3, 0.4) is 0 Å². The second-order valence-corrected chi connectivity index (χ2v) is 5.72. The van der Waals surface area contributed by atoms with Crippen LogP contribution in [0.5, 0.6) is 5.75 Å². The summed E-state index contributed by atoms with van der Waals surface area (Å²) in [5, 5.41) is 10.8. The molecule has 0 aliphatic heterocycles. The molecule has 0 aromatic heterocycles. The van der Waals surface area contributed by atoms with Gasteiger partial charge in [-0.25, -0.2) is 0 Å². The van der Waals surface area contributed by atoms with E-state index in [1.165, 1.54) is 5.56 Å². The molecule has 0 heterocycles. The van der Waals surface area contributed by atoms with Crippen LogP contribution in [0.2, 0.25) is 0 Å². The van der Waals surface area contributed by atoms with E-state index in [0.29, 0.717) is 0 Å². The number of rotatable bonds is 3. The maximum absolute atomic E-state index is 10.8. The molecule has 2 heteroatoms. The standard InChI is InChI=1S/C15H22O2/c1-10-6-7-12(13(17-5)11(10)2)15(4,16)14(3)8-9-14/h6-7,16H,8-9H2,1-5H3. The number of hydrogen-bond acceptors (Lipinski definition) is 2. The van der Waals surface area contributed by atoms with E-state index in [1.807, 2.05) is 19.9 Å². The third-order valence-electron chi connectivity index (χ3n) is 4.58. The number of hydrogen-bond donors (Lipinski definition) is 1. The fourth-order valence-electron chi connectivity index (χ4n) is 2.44. The Morgan fingerprint density at radius 2 is 1.88 bits per heavy atom. The zero-order chi connectivity index (χ0) is 12.8. The third kappa shape index (κ3) is 1.75. The summed E-state index contributed by atoms with van der Waals surface area (Å²) in [5.74, 6) is 0.836. The maximum atomic E-state index is 10.8. The first-order valence-corrected chi connectivity index (χ1v) is 6.20. The van der Waals surface area contributed by atoms with Crippen molar-refractivity contribution in [1.29, 1.82) is 0 Å². The van der Waals surface area contributed by atoms with Crippen molar-refractivity contribution >= 4 is 0 Å². The number of methoxy groups -OCH3 is 1. The van der Waals surface area contributed by atoms with Crippen molar-refractivity contribution in [2.75, 3.05) is 7.11 Å². The van der Waals surface area contributed by atoms with Crippen molar-refractivity contribution in [1.82, 2.24) is 0 Å². The molecule has 1 atom stereocenters. The first-order valence-electron chi connectivity index (χ1n) is 6.20. The van der Waals surface area contributed by atoms with E-state index in [4.69, 9.17) is 4.74 Å². The Kier molecular flexibility index (Phi) is 2.74. The van der Waals surface area contributed by atoms with Crippen molar-refractivity contribution in [3.05, 3.63) is 28.8 Å². The molecule has 2 rings (SSSR count). The first kappa shape index (κ1) is 12.4. The van der Waals surface area contributed by atoms with Crippen LogP contribution in [0, 0.1) is 19.3 Å². The van der Waals surface area contributed by atoms with E-state index >= 15 is 0 Å². The monoisotopic (exact) mass is 234 g/mol. The van der Waals surface area contributed by atoms with Crippen LogP contribution < -0.4 is 4.74 Å². The molecule has 1 saturated carbocycles. The summed E-state index contributed by atoms with van der Waals surface area (Å²) in [7, 11) is 1.68. The second-order valence-electron chi connectivity index (χ2n) is 5.72. The predicted molar refractivity (Wildman–Crippen MR) is 69.4 cm³/mol. The van der Waals surface area contributed by atoms with Crippen LogP contribution in [0.25, 0.3) is 0 Å². The van der Waals surface area contributed by atoms with Crippen molar-refractivity contribution in [2.45, 2.75) is 46.1 Å². The molecule has 0 saturated heterocycles. The maximum Gasteiger partial charge on any atom is 0.128 e. The first-order chi connectivity index (χ1) is 7.83. The van der Waals surface area contributed by atoms with Gasteiger partial charge in [0.15, 0.2) is 0 Å². The Labute approximate surface area is 104 Å². The SMILES string of the molecule is COc1c(C(C)(O)C2(C)CC2)ccc(C)c1C. The fourth-order valence-corrected chi connectivity index (χ4v) is 2.44. The van der Waals surface area contributed by atoms with Crippen molar-refractivity contribution < 1.29 is 9.84 Å². The molecule has 1 aliphatic carbocycles. The van der Waals surface area contributed by atoms with Gasteiger partial charge in [0.25, 0.3) is 0 Å². The molecule has 1 fully saturated rings. The zero-order valence-corrected chi connectivity index (χ0v) is 11.4. The number of aliphatic hydroxyl groups is 1. The lowest BCUT2D eigenvalue weighted by Gasteiger charge is -2.33. The smallest absolute Gasteiger partial charge is 0.128 e. The molecule has 94 valence electrons. The van der Waals surface area contributed by atoms with Crippen molar-refractivity contribution in [3.63, 3.8) is 0 Å². The van der Waals surface area contributed by atoms with Crippen LogP contribution in [0.15, 0.2) is 12.1 Å². The van der Waals surface area contributed by atoms with Crippen LogP contribution in [0.1, 0.15) is 43.4 Å². The molecule has 0 radical (unpaired) electrons. The summed E-state index contributed by atoms with van der Waals surface area (Å²) in [5.41, 5.74) is 2.43. The van der Waals surface area contributed by atoms with Crippen molar-refractivity contribution in [3.8, 4) is 5.75 Å². The van der Waals surface area contributed by atoms with E-state index in [1.54, 1.807) is 7.11 Å². The van der Waals surface area contributed by atoms with E-state index < -0.39 is 5.60 Å². The van der Waals surface area contributed by atoms with Crippen LogP contribution in [-0.4, -0.2) is 12.2 Å². The molecule has 1 aromatic carbocycles. The minimum Gasteiger partial charge on any atom is -0.496 e. The van der Waals surface area contributed by atoms with E-state index in [0.717, 1.165) is 29.7 Å². The zero-order valence-electron chi connectivity index (χ0n) is 11.4. The van der Waals surface area contributed by atoms with Gasteiger partial charge < -0.3 is 9.84 Å². The van der Waals surface area contributed by atoms with Gasteiger partial charge in [-0.1, -0.05) is 19.1 Å². The number of aryl methyl sites for hydroxylation is 1. The van der Waals surface area contributed by atoms with E-state index in [-0.39, 0.29) is 5.41 Å². The van der Waals surface area contributed by atoms with Gasteiger partial charge in [-0.05, 0) is 44.7 Å². The quantitative estimate of drug-likeness (QED) is 0.869. The molecule has 1 N–H and O–H groups in total. The Morgan fingerprint density at radius 1 is 1.29 bits per heavy atom. The largest absolute Gasteiger partial charge is 0.496 e. The number of ether oxygens (including phenoxy) is 1. The van der Waals surface area contributed by atoms with Gasteiger partial charge in [0.05, 0.1) is 12.7 Å². The highest BCUT2D eigenvalue weighted by Crippen LogP contribution is 2.59. The summed E-state index contributed by atoms with van der Waals surface area (Å²) in [4.78, 5) is 0. The highest BCUT2D eigenvalue weighted by Gasteiger charge is 2.54. The third-order valence-corrected chi connectivity index (χ3v) is 4.58. The lowest BCUT2D eigenvalue weighted by atomic mass is 9.80. The average molecular weight is 234 g/mol. The minimum atomic E-state index is -0.809. The van der Waals surface area contributed by atoms with E-state index in [2.05, 4.69) is 19.9 Å². The van der Waals surface area contributed by atoms with Crippen LogP contribution in [-0.2, 0) is 5.60 Å². The molecule has 0 bridgehead atoms. The molecule has 1 aliphatic rings. The van der Waals surface area contributed by atoms with Gasteiger partial charge in [-0.15, -0.1) is 0 Å². The van der Waals surface area contributed by atoms with E-state index in [9.17, 15) is 5.11 Å². The Balaban J connectivity index is 2.56. The molecule has 2 nitrogen and oxygen atoms in total. The number of benzene rings is 1. The lowest BCUT2D eigenvalue weighted by Crippen LogP contribution is -2.32. The summed E-state index contributed by atoms with van der Waals surface area (Å²) < 4.78 is 5.51. The van der Waals surface area contributed by atoms with Gasteiger partial charge in [-0.2, -0.15) is 0 Å². The molecule has 0 spiro atoms. The Morgan fingerprint density at radius 3 is 2.35 bits per heavy atom. The highest BCUT2D eigenvalue weighted by molar-refractivity contribution is 5.49. The summed E-state index contributed by atoms with van der Waals surface area (Å²) >= 11 is 0. The molecule has 1 aromatic rings. The second kappa shape index (κ2) is 3.74. The summed E-state index contributed by atoms with van der Waals surface area (Å²) in [6.45, 7) is 8.16. The minimum absolute atomic E-state index is 0.00196. The van der Waals surface area contributed by atoms with Gasteiger partial charge in [0, 0.05) is 11.0 Å². The summed E-state index contributed by atoms with van der Waals surface area (Å²) in [6, 6.07) is 4.07. The highest BCUT2D eigenvalue weighted by atomic mass is 16.5. The van der Waals surface area contributed by atoms with Gasteiger partial charge in [-0.3, -0.25) is 0 Å². The van der Waals surface area contributed by atoms with Gasteiger partial charge in [0.2, 0.25) is 0 Å². The molecular formula is C15H22O2. The fraction of sp³-hybridized carbons (Fsp3) is 0.600. The predicted octanol–water partition coefficient (Wildman–Crippen LogP) is 3.32. The lowest BCUT2D eigenvalue weighted by molar-refractivity contribution is -0.0146. The van der Waals surface area contributed by atoms with Crippen LogP contribution >= 0.6 is 0 Å². The molecular weight excluding hydrogens is 212 g/mol. The van der Waals surface area contributed by atoms with Crippen molar-refractivity contribution in [2.24, 2.45) is 5.41 Å². The van der Waals surface area contributed by atoms with Gasteiger partial charge in [0.1, 0.15) is 5.75 Å². The molecule has 1 unspecified atom stereocenters. The molecule has 0 amide bonds. The Hall–Kier alpha value is -1.02. The molecule has 17 heavy (non-hydrogen) atoms. The normalized spacial score (nSPS) is 20.8. The van der Waals surface area contributed by atoms with Gasteiger partial charge >= 0.3 is 0 Å². The van der Waals surface area contributed by atoms with Crippen LogP contribution in [0.4, 0.5) is 0 Å².